The van der Waals surface area contributed by atoms with Crippen molar-refractivity contribution in [3.63, 3.8) is 0 Å². The van der Waals surface area contributed by atoms with Crippen LogP contribution in [-0.4, -0.2) is 56.9 Å². The predicted molar refractivity (Wildman–Crippen MR) is 158 cm³/mol. The Balaban J connectivity index is 2.04. The molecule has 0 aliphatic rings. The van der Waals surface area contributed by atoms with Crippen molar-refractivity contribution in [3.8, 4) is 5.75 Å². The van der Waals surface area contributed by atoms with Crippen LogP contribution in [0.4, 0.5) is 5.69 Å². The molecular formula is C31H39N3O5S. The smallest absolute Gasteiger partial charge is 0.264 e. The average molecular weight is 566 g/mol. The van der Waals surface area contributed by atoms with Crippen molar-refractivity contribution in [2.45, 2.75) is 57.0 Å². The normalized spacial score (nSPS) is 12.3. The van der Waals surface area contributed by atoms with Crippen molar-refractivity contribution in [3.05, 3.63) is 90.5 Å². The van der Waals surface area contributed by atoms with Crippen LogP contribution in [0, 0.1) is 0 Å². The monoisotopic (exact) mass is 565 g/mol. The summed E-state index contributed by atoms with van der Waals surface area (Å²) in [5.41, 5.74) is 0.737. The van der Waals surface area contributed by atoms with E-state index in [0.29, 0.717) is 18.6 Å². The van der Waals surface area contributed by atoms with Crippen molar-refractivity contribution in [1.29, 1.82) is 0 Å². The first-order valence-electron chi connectivity index (χ1n) is 13.3. The molecule has 214 valence electrons. The number of benzene rings is 3. The number of methoxy groups -OCH3 is 1. The zero-order valence-corrected chi connectivity index (χ0v) is 24.6. The van der Waals surface area contributed by atoms with Gasteiger partial charge in [-0.25, -0.2) is 8.42 Å². The molecule has 0 bridgehead atoms. The lowest BCUT2D eigenvalue weighted by Gasteiger charge is -2.35. The van der Waals surface area contributed by atoms with E-state index in [2.05, 4.69) is 5.32 Å². The SMILES string of the molecule is CCC(C(=O)NC(C)(C)C)N(CCc1ccccc1)C(=O)CN(c1ccccc1OC)S(=O)(=O)c1ccccc1. The number of carbonyl (C=O) groups is 2. The number of rotatable bonds is 12. The summed E-state index contributed by atoms with van der Waals surface area (Å²) in [5.74, 6) is -0.466. The first kappa shape index (κ1) is 30.7. The highest BCUT2D eigenvalue weighted by Gasteiger charge is 2.35. The lowest BCUT2D eigenvalue weighted by molar-refractivity contribution is -0.140. The van der Waals surface area contributed by atoms with Gasteiger partial charge < -0.3 is 15.0 Å². The number of ether oxygens (including phenoxy) is 1. The number of nitrogens with one attached hydrogen (secondary N) is 1. The second-order valence-corrected chi connectivity index (χ2v) is 12.3. The Morgan fingerprint density at radius 3 is 2.05 bits per heavy atom. The zero-order chi connectivity index (χ0) is 29.3. The molecule has 0 aliphatic carbocycles. The van der Waals surface area contributed by atoms with Crippen LogP contribution in [0.3, 0.4) is 0 Å². The Morgan fingerprint density at radius 1 is 0.900 bits per heavy atom. The van der Waals surface area contributed by atoms with E-state index in [0.717, 1.165) is 9.87 Å². The summed E-state index contributed by atoms with van der Waals surface area (Å²) >= 11 is 0. The molecule has 0 radical (unpaired) electrons. The minimum absolute atomic E-state index is 0.0436. The van der Waals surface area contributed by atoms with Gasteiger partial charge in [0.15, 0.2) is 0 Å². The molecule has 9 heteroatoms. The van der Waals surface area contributed by atoms with Crippen molar-refractivity contribution in [2.75, 3.05) is 24.5 Å². The first-order chi connectivity index (χ1) is 19.0. The van der Waals surface area contributed by atoms with Crippen molar-refractivity contribution in [1.82, 2.24) is 10.2 Å². The van der Waals surface area contributed by atoms with Crippen molar-refractivity contribution >= 4 is 27.5 Å². The fraction of sp³-hybridized carbons (Fsp3) is 0.355. The minimum atomic E-state index is -4.16. The fourth-order valence-corrected chi connectivity index (χ4v) is 5.86. The number of nitrogens with zero attached hydrogens (tertiary/aromatic N) is 2. The quantitative estimate of drug-likeness (QED) is 0.345. The molecule has 0 heterocycles. The summed E-state index contributed by atoms with van der Waals surface area (Å²) in [6.45, 7) is 7.21. The molecule has 1 atom stereocenters. The van der Waals surface area contributed by atoms with Gasteiger partial charge in [-0.15, -0.1) is 0 Å². The van der Waals surface area contributed by atoms with Crippen LogP contribution in [0.15, 0.2) is 89.8 Å². The Morgan fingerprint density at radius 2 is 1.48 bits per heavy atom. The van der Waals surface area contributed by atoms with Crippen molar-refractivity contribution < 1.29 is 22.7 Å². The maximum absolute atomic E-state index is 14.1. The molecule has 3 rings (SSSR count). The van der Waals surface area contributed by atoms with E-state index in [4.69, 9.17) is 4.74 Å². The van der Waals surface area contributed by atoms with Gasteiger partial charge in [0.2, 0.25) is 11.8 Å². The Labute approximate surface area is 238 Å². The molecule has 3 aromatic carbocycles. The van der Waals surface area contributed by atoms with Gasteiger partial charge in [-0.2, -0.15) is 0 Å². The van der Waals surface area contributed by atoms with Gasteiger partial charge in [0, 0.05) is 12.1 Å². The van der Waals surface area contributed by atoms with Crippen LogP contribution >= 0.6 is 0 Å². The second-order valence-electron chi connectivity index (χ2n) is 10.5. The molecule has 3 aromatic rings. The molecule has 40 heavy (non-hydrogen) atoms. The summed E-state index contributed by atoms with van der Waals surface area (Å²) in [6.07, 6.45) is 0.870. The highest BCUT2D eigenvalue weighted by molar-refractivity contribution is 7.92. The maximum Gasteiger partial charge on any atom is 0.264 e. The lowest BCUT2D eigenvalue weighted by Crippen LogP contribution is -2.56. The largest absolute Gasteiger partial charge is 0.495 e. The van der Waals surface area contributed by atoms with Gasteiger partial charge in [-0.3, -0.25) is 13.9 Å². The number of carbonyl (C=O) groups excluding carboxylic acids is 2. The molecule has 1 unspecified atom stereocenters. The van der Waals surface area contributed by atoms with Gasteiger partial charge in [-0.05, 0) is 63.4 Å². The minimum Gasteiger partial charge on any atom is -0.495 e. The first-order valence-corrected chi connectivity index (χ1v) is 14.8. The molecule has 0 saturated carbocycles. The number of amides is 2. The molecule has 0 aromatic heterocycles. The van der Waals surface area contributed by atoms with E-state index in [9.17, 15) is 18.0 Å². The zero-order valence-electron chi connectivity index (χ0n) is 23.8. The number of anilines is 1. The maximum atomic E-state index is 14.1. The highest BCUT2D eigenvalue weighted by Crippen LogP contribution is 2.32. The number of hydrogen-bond acceptors (Lipinski definition) is 5. The number of para-hydroxylation sites is 2. The van der Waals surface area contributed by atoms with E-state index in [-0.39, 0.29) is 23.0 Å². The molecule has 0 spiro atoms. The van der Waals surface area contributed by atoms with Gasteiger partial charge in [0.05, 0.1) is 17.7 Å². The summed E-state index contributed by atoms with van der Waals surface area (Å²) in [7, 11) is -2.71. The summed E-state index contributed by atoms with van der Waals surface area (Å²) in [5, 5.41) is 2.98. The Hall–Kier alpha value is -3.85. The van der Waals surface area contributed by atoms with E-state index >= 15 is 0 Å². The molecule has 8 nitrogen and oxygen atoms in total. The molecule has 0 fully saturated rings. The molecule has 0 aliphatic heterocycles. The lowest BCUT2D eigenvalue weighted by atomic mass is 10.1. The van der Waals surface area contributed by atoms with Gasteiger partial charge in [-0.1, -0.05) is 67.6 Å². The summed E-state index contributed by atoms with van der Waals surface area (Å²) < 4.78 is 34.4. The van der Waals surface area contributed by atoms with E-state index < -0.39 is 34.1 Å². The van der Waals surface area contributed by atoms with Gasteiger partial charge in [0.1, 0.15) is 18.3 Å². The fourth-order valence-electron chi connectivity index (χ4n) is 4.42. The summed E-state index contributed by atoms with van der Waals surface area (Å²) in [6, 6.07) is 23.5. The highest BCUT2D eigenvalue weighted by atomic mass is 32.2. The van der Waals surface area contributed by atoms with Crippen LogP contribution in [0.1, 0.15) is 39.7 Å². The van der Waals surface area contributed by atoms with Crippen LogP contribution in [0.25, 0.3) is 0 Å². The third-order valence-electron chi connectivity index (χ3n) is 6.33. The van der Waals surface area contributed by atoms with Crippen molar-refractivity contribution in [2.24, 2.45) is 0 Å². The molecule has 1 N–H and O–H groups in total. The van der Waals surface area contributed by atoms with Gasteiger partial charge in [0.25, 0.3) is 10.0 Å². The molecule has 0 saturated heterocycles. The standard InChI is InChI=1S/C31H39N3O5S/c1-6-26(30(36)32-31(2,3)4)33(22-21-24-15-9-7-10-16-24)29(35)23-34(27-19-13-14-20-28(27)39-5)40(37,38)25-17-11-8-12-18-25/h7-20,26H,6,21-23H2,1-5H3,(H,32,36). The average Bonchev–Trinajstić information content (AvgIpc) is 2.93. The predicted octanol–water partition coefficient (Wildman–Crippen LogP) is 4.66. The second kappa shape index (κ2) is 13.5. The number of sulfonamides is 1. The Kier molecular flexibility index (Phi) is 10.3. The topological polar surface area (TPSA) is 96.0 Å². The third kappa shape index (κ3) is 7.85. The number of hydrogen-bond donors (Lipinski definition) is 1. The van der Waals surface area contributed by atoms with Crippen LogP contribution in [0.2, 0.25) is 0 Å². The Bertz CT molecular complexity index is 1370. The van der Waals surface area contributed by atoms with Crippen LogP contribution < -0.4 is 14.4 Å². The van der Waals surface area contributed by atoms with Gasteiger partial charge >= 0.3 is 0 Å². The van der Waals surface area contributed by atoms with E-state index in [1.54, 1.807) is 42.5 Å². The molecular weight excluding hydrogens is 526 g/mol. The van der Waals surface area contributed by atoms with E-state index in [1.807, 2.05) is 58.0 Å². The summed E-state index contributed by atoms with van der Waals surface area (Å²) in [4.78, 5) is 29.0. The third-order valence-corrected chi connectivity index (χ3v) is 8.11. The van der Waals surface area contributed by atoms with E-state index in [1.165, 1.54) is 24.1 Å². The molecule has 2 amide bonds. The van der Waals surface area contributed by atoms with Crippen LogP contribution in [-0.2, 0) is 26.0 Å². The van der Waals surface area contributed by atoms with Crippen LogP contribution in [0.5, 0.6) is 5.75 Å².